The summed E-state index contributed by atoms with van der Waals surface area (Å²) < 4.78 is 32.5. The molecule has 0 unspecified atom stereocenters. The first-order valence-corrected chi connectivity index (χ1v) is 4.44. The Morgan fingerprint density at radius 2 is 1.31 bits per heavy atom. The third-order valence-electron chi connectivity index (χ3n) is 1.36. The molecule has 0 atom stereocenters. The average molecular weight is 198 g/mol. The van der Waals surface area contributed by atoms with Crippen molar-refractivity contribution >= 4 is 5.78 Å². The summed E-state index contributed by atoms with van der Waals surface area (Å²) in [5, 5.41) is 0. The Morgan fingerprint density at radius 1 is 1.08 bits per heavy atom. The molecule has 1 nitrogen and oxygen atoms in total. The molecule has 0 aliphatic rings. The molecule has 0 aliphatic carbocycles. The highest BCUT2D eigenvalue weighted by atomic mass is 19.4. The number of unbranched alkanes of at least 4 members (excludes halogenated alkanes) is 3. The van der Waals surface area contributed by atoms with E-state index < -0.39 is 12.0 Å². The second-order valence-electron chi connectivity index (χ2n) is 2.76. The fourth-order valence-corrected chi connectivity index (χ4v) is 0.500. The van der Waals surface area contributed by atoms with E-state index in [-0.39, 0.29) is 0 Å². The second kappa shape index (κ2) is 8.08. The SMILES string of the molecule is CC(=O)C(F)(F)F.CCCCCC. The lowest BCUT2D eigenvalue weighted by atomic mass is 10.2. The first-order chi connectivity index (χ1) is 5.86. The van der Waals surface area contributed by atoms with Crippen LogP contribution in [-0.2, 0) is 4.79 Å². The van der Waals surface area contributed by atoms with E-state index in [2.05, 4.69) is 13.8 Å². The van der Waals surface area contributed by atoms with Crippen molar-refractivity contribution in [2.24, 2.45) is 0 Å². The summed E-state index contributed by atoms with van der Waals surface area (Å²) in [5.41, 5.74) is 0. The first kappa shape index (κ1) is 15.0. The summed E-state index contributed by atoms with van der Waals surface area (Å²) in [5.74, 6) is -1.76. The minimum atomic E-state index is -4.64. The number of hydrogen-bond donors (Lipinski definition) is 0. The second-order valence-corrected chi connectivity index (χ2v) is 2.76. The van der Waals surface area contributed by atoms with Gasteiger partial charge in [-0.25, -0.2) is 0 Å². The molecule has 0 aromatic heterocycles. The van der Waals surface area contributed by atoms with Gasteiger partial charge >= 0.3 is 6.18 Å². The zero-order valence-electron chi connectivity index (χ0n) is 8.37. The van der Waals surface area contributed by atoms with E-state index >= 15 is 0 Å². The lowest BCUT2D eigenvalue weighted by molar-refractivity contribution is -0.168. The van der Waals surface area contributed by atoms with Crippen molar-refractivity contribution in [1.29, 1.82) is 0 Å². The third-order valence-corrected chi connectivity index (χ3v) is 1.36. The molecule has 4 heteroatoms. The molecule has 0 N–H and O–H groups in total. The molecule has 0 saturated carbocycles. The van der Waals surface area contributed by atoms with Gasteiger partial charge in [0.05, 0.1) is 0 Å². The van der Waals surface area contributed by atoms with Crippen molar-refractivity contribution in [3.05, 3.63) is 0 Å². The smallest absolute Gasteiger partial charge is 0.290 e. The highest BCUT2D eigenvalue weighted by molar-refractivity contribution is 5.81. The van der Waals surface area contributed by atoms with Gasteiger partial charge in [0.15, 0.2) is 0 Å². The Balaban J connectivity index is 0. The summed E-state index contributed by atoms with van der Waals surface area (Å²) in [6, 6.07) is 0. The molecule has 13 heavy (non-hydrogen) atoms. The van der Waals surface area contributed by atoms with Gasteiger partial charge in [0.2, 0.25) is 5.78 Å². The molecule has 0 rings (SSSR count). The number of rotatable bonds is 3. The number of halogens is 3. The van der Waals surface area contributed by atoms with Crippen molar-refractivity contribution in [2.75, 3.05) is 0 Å². The van der Waals surface area contributed by atoms with E-state index in [1.165, 1.54) is 25.7 Å². The Bertz CT molecular complexity index is 125. The van der Waals surface area contributed by atoms with Gasteiger partial charge in [-0.05, 0) is 0 Å². The molecule has 0 fully saturated rings. The minimum Gasteiger partial charge on any atom is -0.290 e. The lowest BCUT2D eigenvalue weighted by Crippen LogP contribution is -2.18. The molecular formula is C9H17F3O. The van der Waals surface area contributed by atoms with Crippen LogP contribution in [0.1, 0.15) is 46.5 Å². The summed E-state index contributed by atoms with van der Waals surface area (Å²) in [6.07, 6.45) is 0.897. The molecule has 0 amide bonds. The number of hydrogen-bond acceptors (Lipinski definition) is 1. The topological polar surface area (TPSA) is 17.1 Å². The highest BCUT2D eigenvalue weighted by Gasteiger charge is 2.33. The normalized spacial score (nSPS) is 10.3. The van der Waals surface area contributed by atoms with Crippen LogP contribution >= 0.6 is 0 Å². The molecule has 0 aromatic rings. The van der Waals surface area contributed by atoms with Gasteiger partial charge in [-0.1, -0.05) is 39.5 Å². The minimum absolute atomic E-state index is 0.486. The van der Waals surface area contributed by atoms with E-state index in [0.29, 0.717) is 6.92 Å². The van der Waals surface area contributed by atoms with Gasteiger partial charge < -0.3 is 0 Å². The predicted molar refractivity (Wildman–Crippen MR) is 46.6 cm³/mol. The molecule has 80 valence electrons. The lowest BCUT2D eigenvalue weighted by Gasteiger charge is -1.95. The zero-order valence-corrected chi connectivity index (χ0v) is 8.37. The standard InChI is InChI=1S/C6H14.C3H3F3O/c1-3-5-6-4-2;1-2(7)3(4,5)6/h3-6H2,1-2H3;1H3. The van der Waals surface area contributed by atoms with Gasteiger partial charge in [0, 0.05) is 6.92 Å². The van der Waals surface area contributed by atoms with E-state index in [1.54, 1.807) is 0 Å². The van der Waals surface area contributed by atoms with E-state index in [9.17, 15) is 18.0 Å². The molecule has 0 saturated heterocycles. The molecule has 0 heterocycles. The number of alkyl halides is 3. The van der Waals surface area contributed by atoms with Gasteiger partial charge in [-0.15, -0.1) is 0 Å². The molecule has 0 bridgehead atoms. The number of carbonyl (C=O) groups excluding carboxylic acids is 1. The Hall–Kier alpha value is -0.540. The van der Waals surface area contributed by atoms with Crippen LogP contribution in [0, 0.1) is 0 Å². The highest BCUT2D eigenvalue weighted by Crippen LogP contribution is 2.14. The molecule has 0 aromatic carbocycles. The first-order valence-electron chi connectivity index (χ1n) is 4.44. The predicted octanol–water partition coefficient (Wildman–Crippen LogP) is 3.72. The summed E-state index contributed by atoms with van der Waals surface area (Å²) in [4.78, 5) is 9.34. The Kier molecular flexibility index (Phi) is 9.29. The largest absolute Gasteiger partial charge is 0.449 e. The van der Waals surface area contributed by atoms with Crippen LogP contribution in [0.5, 0.6) is 0 Å². The van der Waals surface area contributed by atoms with Crippen LogP contribution in [-0.4, -0.2) is 12.0 Å². The zero-order chi connectivity index (χ0) is 10.9. The van der Waals surface area contributed by atoms with Crippen LogP contribution in [0.3, 0.4) is 0 Å². The number of ketones is 1. The molecule has 0 aliphatic heterocycles. The van der Waals surface area contributed by atoms with E-state index in [1.807, 2.05) is 0 Å². The van der Waals surface area contributed by atoms with Crippen LogP contribution < -0.4 is 0 Å². The van der Waals surface area contributed by atoms with E-state index in [0.717, 1.165) is 0 Å². The van der Waals surface area contributed by atoms with Crippen molar-refractivity contribution in [3.8, 4) is 0 Å². The maximum atomic E-state index is 10.8. The van der Waals surface area contributed by atoms with Crippen molar-refractivity contribution < 1.29 is 18.0 Å². The van der Waals surface area contributed by atoms with Crippen LogP contribution in [0.15, 0.2) is 0 Å². The monoisotopic (exact) mass is 198 g/mol. The maximum Gasteiger partial charge on any atom is 0.449 e. The fourth-order valence-electron chi connectivity index (χ4n) is 0.500. The van der Waals surface area contributed by atoms with Gasteiger partial charge in [0.25, 0.3) is 0 Å². The molecular weight excluding hydrogens is 181 g/mol. The molecule has 0 spiro atoms. The fraction of sp³-hybridized carbons (Fsp3) is 0.889. The Morgan fingerprint density at radius 3 is 1.38 bits per heavy atom. The van der Waals surface area contributed by atoms with Crippen molar-refractivity contribution in [1.82, 2.24) is 0 Å². The van der Waals surface area contributed by atoms with Crippen LogP contribution in [0.4, 0.5) is 13.2 Å². The van der Waals surface area contributed by atoms with E-state index in [4.69, 9.17) is 0 Å². The average Bonchev–Trinajstić information content (AvgIpc) is 2.00. The quantitative estimate of drug-likeness (QED) is 0.631. The number of Topliss-reactive ketones (excluding diaryl/α,β-unsaturated/α-hetero) is 1. The Labute approximate surface area is 77.3 Å². The van der Waals surface area contributed by atoms with Gasteiger partial charge in [-0.2, -0.15) is 13.2 Å². The maximum absolute atomic E-state index is 10.8. The van der Waals surface area contributed by atoms with Gasteiger partial charge in [-0.3, -0.25) is 4.79 Å². The van der Waals surface area contributed by atoms with Crippen molar-refractivity contribution in [2.45, 2.75) is 52.6 Å². The third kappa shape index (κ3) is 14.3. The van der Waals surface area contributed by atoms with Crippen LogP contribution in [0.2, 0.25) is 0 Å². The summed E-state index contributed by atoms with van der Waals surface area (Å²) in [6.45, 7) is 4.95. The van der Waals surface area contributed by atoms with Gasteiger partial charge in [0.1, 0.15) is 0 Å². The van der Waals surface area contributed by atoms with Crippen LogP contribution in [0.25, 0.3) is 0 Å². The number of carbonyl (C=O) groups is 1. The summed E-state index contributed by atoms with van der Waals surface area (Å²) in [7, 11) is 0. The van der Waals surface area contributed by atoms with Crippen molar-refractivity contribution in [3.63, 3.8) is 0 Å². The molecule has 0 radical (unpaired) electrons. The summed E-state index contributed by atoms with van der Waals surface area (Å²) >= 11 is 0.